The van der Waals surface area contributed by atoms with Crippen molar-refractivity contribution >= 4 is 28.7 Å². The molecule has 1 fully saturated rings. The van der Waals surface area contributed by atoms with Crippen LogP contribution in [0.3, 0.4) is 0 Å². The van der Waals surface area contributed by atoms with Gasteiger partial charge >= 0.3 is 0 Å². The third kappa shape index (κ3) is 4.41. The van der Waals surface area contributed by atoms with Gasteiger partial charge in [-0.2, -0.15) is 5.10 Å². The zero-order valence-corrected chi connectivity index (χ0v) is 20.6. The van der Waals surface area contributed by atoms with Crippen molar-refractivity contribution in [2.24, 2.45) is 7.05 Å². The first kappa shape index (κ1) is 22.8. The molecule has 3 aromatic heterocycles. The number of rotatable bonds is 5. The number of carbonyl (C=O) groups is 1. The van der Waals surface area contributed by atoms with Gasteiger partial charge in [-0.1, -0.05) is 19.0 Å². The lowest BCUT2D eigenvalue weighted by atomic mass is 10.1. The molecule has 9 heteroatoms. The van der Waals surface area contributed by atoms with E-state index in [1.54, 1.807) is 22.6 Å². The van der Waals surface area contributed by atoms with Crippen LogP contribution in [0.2, 0.25) is 0 Å². The first-order valence-electron chi connectivity index (χ1n) is 11.2. The molecule has 1 amide bonds. The summed E-state index contributed by atoms with van der Waals surface area (Å²) in [4.78, 5) is 23.6. The van der Waals surface area contributed by atoms with Crippen molar-refractivity contribution in [3.05, 3.63) is 34.5 Å². The topological polar surface area (TPSA) is 80.3 Å². The lowest BCUT2D eigenvalue weighted by Crippen LogP contribution is -2.35. The minimum atomic E-state index is 0.0602. The van der Waals surface area contributed by atoms with Crippen molar-refractivity contribution in [1.82, 2.24) is 29.7 Å². The lowest BCUT2D eigenvalue weighted by Gasteiger charge is -2.23. The first-order valence-corrected chi connectivity index (χ1v) is 12.1. The van der Waals surface area contributed by atoms with E-state index in [0.29, 0.717) is 17.4 Å². The van der Waals surface area contributed by atoms with E-state index in [0.717, 1.165) is 71.2 Å². The number of aromatic nitrogens is 4. The molecule has 0 spiro atoms. The van der Waals surface area contributed by atoms with Crippen LogP contribution in [0, 0.1) is 20.8 Å². The summed E-state index contributed by atoms with van der Waals surface area (Å²) in [5, 5.41) is 9.96. The Kier molecular flexibility index (Phi) is 6.57. The van der Waals surface area contributed by atoms with Crippen LogP contribution in [0.4, 0.5) is 0 Å². The van der Waals surface area contributed by atoms with Gasteiger partial charge in [0.1, 0.15) is 5.76 Å². The molecular formula is C23H32N6O2S. The van der Waals surface area contributed by atoms with Gasteiger partial charge in [0, 0.05) is 61.7 Å². The normalized spacial score (nSPS) is 15.7. The molecule has 0 unspecified atom stereocenters. The van der Waals surface area contributed by atoms with E-state index < -0.39 is 0 Å². The quantitative estimate of drug-likeness (QED) is 0.541. The summed E-state index contributed by atoms with van der Waals surface area (Å²) < 4.78 is 7.11. The Labute approximate surface area is 193 Å². The second kappa shape index (κ2) is 9.23. The Morgan fingerprint density at radius 1 is 1.16 bits per heavy atom. The molecule has 1 aliphatic heterocycles. The third-order valence-electron chi connectivity index (χ3n) is 6.00. The van der Waals surface area contributed by atoms with E-state index in [9.17, 15) is 4.79 Å². The van der Waals surface area contributed by atoms with Gasteiger partial charge in [-0.15, -0.1) is 11.8 Å². The van der Waals surface area contributed by atoms with Crippen molar-refractivity contribution in [3.63, 3.8) is 0 Å². The Morgan fingerprint density at radius 2 is 1.94 bits per heavy atom. The van der Waals surface area contributed by atoms with E-state index in [1.165, 1.54) is 0 Å². The third-order valence-corrected chi connectivity index (χ3v) is 7.13. The molecule has 0 N–H and O–H groups in total. The second-order valence-electron chi connectivity index (χ2n) is 8.80. The maximum absolute atomic E-state index is 13.7. The maximum atomic E-state index is 13.7. The summed E-state index contributed by atoms with van der Waals surface area (Å²) >= 11 is 1.72. The monoisotopic (exact) mass is 456 g/mol. The van der Waals surface area contributed by atoms with Gasteiger partial charge in [0.05, 0.1) is 22.3 Å². The average molecular weight is 457 g/mol. The maximum Gasteiger partial charge on any atom is 0.256 e. The van der Waals surface area contributed by atoms with E-state index in [-0.39, 0.29) is 5.91 Å². The van der Waals surface area contributed by atoms with Gasteiger partial charge < -0.3 is 9.42 Å². The lowest BCUT2D eigenvalue weighted by molar-refractivity contribution is 0.0757. The van der Waals surface area contributed by atoms with Crippen molar-refractivity contribution in [1.29, 1.82) is 0 Å². The number of aryl methyl sites for hydroxylation is 4. The van der Waals surface area contributed by atoms with Crippen LogP contribution in [-0.2, 0) is 13.6 Å². The highest BCUT2D eigenvalue weighted by Crippen LogP contribution is 2.35. The molecule has 172 valence electrons. The summed E-state index contributed by atoms with van der Waals surface area (Å²) in [7, 11) is 1.90. The number of fused-ring (bicyclic) bond motifs is 1. The highest BCUT2D eigenvalue weighted by atomic mass is 32.2. The SMILES string of the molecule is Cc1noc(C)c1CN1CCCN(C(=O)c2cnc3c(c(C)nn3C)c2SC(C)C)CC1. The highest BCUT2D eigenvalue weighted by Gasteiger charge is 2.26. The second-order valence-corrected chi connectivity index (χ2v) is 10.4. The molecule has 0 radical (unpaired) electrons. The Morgan fingerprint density at radius 3 is 2.62 bits per heavy atom. The largest absolute Gasteiger partial charge is 0.361 e. The van der Waals surface area contributed by atoms with Crippen LogP contribution < -0.4 is 0 Å². The predicted octanol–water partition coefficient (Wildman–Crippen LogP) is 3.73. The average Bonchev–Trinajstić information content (AvgIpc) is 3.09. The van der Waals surface area contributed by atoms with Crippen molar-refractivity contribution in [2.45, 2.75) is 57.7 Å². The molecule has 4 rings (SSSR count). The molecule has 0 bridgehead atoms. The molecule has 1 saturated heterocycles. The number of nitrogens with zero attached hydrogens (tertiary/aromatic N) is 6. The molecule has 32 heavy (non-hydrogen) atoms. The van der Waals surface area contributed by atoms with Gasteiger partial charge in [-0.3, -0.25) is 14.4 Å². The predicted molar refractivity (Wildman–Crippen MR) is 126 cm³/mol. The van der Waals surface area contributed by atoms with Gasteiger partial charge in [-0.05, 0) is 27.2 Å². The molecule has 1 aliphatic rings. The molecule has 3 aromatic rings. The fourth-order valence-electron chi connectivity index (χ4n) is 4.34. The number of carbonyl (C=O) groups excluding carboxylic acids is 1. The summed E-state index contributed by atoms with van der Waals surface area (Å²) in [5.74, 6) is 0.936. The van der Waals surface area contributed by atoms with Crippen LogP contribution in [0.25, 0.3) is 11.0 Å². The van der Waals surface area contributed by atoms with Gasteiger partial charge in [-0.25, -0.2) is 4.98 Å². The Balaban J connectivity index is 1.57. The first-order chi connectivity index (χ1) is 15.3. The highest BCUT2D eigenvalue weighted by molar-refractivity contribution is 8.00. The van der Waals surface area contributed by atoms with Gasteiger partial charge in [0.15, 0.2) is 5.65 Å². The van der Waals surface area contributed by atoms with E-state index >= 15 is 0 Å². The summed E-state index contributed by atoms with van der Waals surface area (Å²) in [5.41, 5.74) is 4.52. The molecular weight excluding hydrogens is 424 g/mol. The Bertz CT molecular complexity index is 1120. The Hall–Kier alpha value is -2.39. The molecule has 8 nitrogen and oxygen atoms in total. The fourth-order valence-corrected chi connectivity index (χ4v) is 5.44. The number of pyridine rings is 1. The number of hydrogen-bond acceptors (Lipinski definition) is 7. The van der Waals surface area contributed by atoms with Crippen molar-refractivity contribution < 1.29 is 9.32 Å². The number of amides is 1. The summed E-state index contributed by atoms with van der Waals surface area (Å²) in [6.45, 7) is 14.2. The minimum absolute atomic E-state index is 0.0602. The molecule has 0 aromatic carbocycles. The van der Waals surface area contributed by atoms with Crippen molar-refractivity contribution in [2.75, 3.05) is 26.2 Å². The van der Waals surface area contributed by atoms with Crippen LogP contribution in [0.5, 0.6) is 0 Å². The van der Waals surface area contributed by atoms with E-state index in [4.69, 9.17) is 4.52 Å². The van der Waals surface area contributed by atoms with Gasteiger partial charge in [0.25, 0.3) is 5.91 Å². The minimum Gasteiger partial charge on any atom is -0.361 e. The van der Waals surface area contributed by atoms with E-state index in [2.05, 4.69) is 34.0 Å². The number of hydrogen-bond donors (Lipinski definition) is 0. The summed E-state index contributed by atoms with van der Waals surface area (Å²) in [6, 6.07) is 0. The van der Waals surface area contributed by atoms with Crippen molar-refractivity contribution in [3.8, 4) is 0 Å². The zero-order chi connectivity index (χ0) is 23.0. The molecule has 4 heterocycles. The molecule has 0 aliphatic carbocycles. The van der Waals surface area contributed by atoms with Crippen LogP contribution in [-0.4, -0.2) is 67.1 Å². The molecule has 0 saturated carbocycles. The molecule has 0 atom stereocenters. The van der Waals surface area contributed by atoms with E-state index in [1.807, 2.05) is 32.7 Å². The van der Waals surface area contributed by atoms with Crippen LogP contribution in [0.1, 0.15) is 53.3 Å². The van der Waals surface area contributed by atoms with Crippen LogP contribution >= 0.6 is 11.8 Å². The summed E-state index contributed by atoms with van der Waals surface area (Å²) in [6.07, 6.45) is 2.67. The fraction of sp³-hybridized carbons (Fsp3) is 0.565. The standard InChI is InChI=1S/C23H32N6O2S/c1-14(2)32-21-18(12-24-22-20(21)16(4)25-27(22)6)23(30)29-9-7-8-28(10-11-29)13-19-15(3)26-31-17(19)5/h12,14H,7-11,13H2,1-6H3. The van der Waals surface area contributed by atoms with Gasteiger partial charge in [0.2, 0.25) is 0 Å². The van der Waals surface area contributed by atoms with Crippen LogP contribution in [0.15, 0.2) is 15.6 Å². The number of thioether (sulfide) groups is 1. The zero-order valence-electron chi connectivity index (χ0n) is 19.8. The smallest absolute Gasteiger partial charge is 0.256 e.